The molecule has 0 N–H and O–H groups in total. The predicted octanol–water partition coefficient (Wildman–Crippen LogP) is 2.42. The Labute approximate surface area is 62.1 Å². The van der Waals surface area contributed by atoms with Gasteiger partial charge in [-0.2, -0.15) is 13.2 Å². The second-order valence-corrected chi connectivity index (χ2v) is 1.77. The summed E-state index contributed by atoms with van der Waals surface area (Å²) in [7, 11) is 0. The van der Waals surface area contributed by atoms with Crippen molar-refractivity contribution in [2.75, 3.05) is 6.61 Å². The molecule has 0 rings (SSSR count). The second-order valence-electron chi connectivity index (χ2n) is 1.77. The maximum absolute atomic E-state index is 11.7. The highest BCUT2D eigenvalue weighted by Crippen LogP contribution is 2.25. The summed E-state index contributed by atoms with van der Waals surface area (Å²) in [6.07, 6.45) is -14.2. The van der Waals surface area contributed by atoms with Crippen LogP contribution in [-0.2, 0) is 4.74 Å². The summed E-state index contributed by atoms with van der Waals surface area (Å²) in [6, 6.07) is 0. The van der Waals surface area contributed by atoms with E-state index in [1.165, 1.54) is 0 Å². The molecule has 0 aromatic carbocycles. The first kappa shape index (κ1) is 11.5. The average molecular weight is 200 g/mol. The molecule has 1 unspecified atom stereocenters. The van der Waals surface area contributed by atoms with Crippen LogP contribution in [0.15, 0.2) is 0 Å². The fraction of sp³-hybridized carbons (Fsp3) is 1.00. The van der Waals surface area contributed by atoms with Gasteiger partial charge in [-0.25, -0.2) is 4.39 Å². The molecule has 0 bridgehead atoms. The van der Waals surface area contributed by atoms with E-state index in [1.807, 2.05) is 0 Å². The van der Waals surface area contributed by atoms with Crippen molar-refractivity contribution in [3.8, 4) is 0 Å². The number of ether oxygens (including phenoxy) is 1. The number of rotatable bonds is 2. The topological polar surface area (TPSA) is 9.23 Å². The minimum atomic E-state index is -5.31. The second kappa shape index (κ2) is 3.46. The first-order valence-corrected chi connectivity index (χ1v) is 2.54. The van der Waals surface area contributed by atoms with E-state index >= 15 is 0 Å². The molecule has 0 saturated carbocycles. The van der Waals surface area contributed by atoms with E-state index in [2.05, 4.69) is 4.74 Å². The molecule has 0 radical (unpaired) electrons. The van der Waals surface area contributed by atoms with Crippen LogP contribution in [0.3, 0.4) is 0 Å². The van der Waals surface area contributed by atoms with E-state index in [-0.39, 0.29) is 0 Å². The fourth-order valence-corrected chi connectivity index (χ4v) is 0.262. The fourth-order valence-electron chi connectivity index (χ4n) is 0.262. The van der Waals surface area contributed by atoms with Gasteiger partial charge < -0.3 is 0 Å². The van der Waals surface area contributed by atoms with Gasteiger partial charge in [0.1, 0.15) is 0 Å². The third kappa shape index (κ3) is 5.16. The lowest BCUT2D eigenvalue weighted by Gasteiger charge is -2.13. The van der Waals surface area contributed by atoms with Crippen molar-refractivity contribution in [3.63, 3.8) is 0 Å². The van der Waals surface area contributed by atoms with Crippen LogP contribution in [0.2, 0.25) is 0 Å². The summed E-state index contributed by atoms with van der Waals surface area (Å²) >= 11 is 0. The highest BCUT2D eigenvalue weighted by atomic mass is 19.4. The largest absolute Gasteiger partial charge is 0.522 e. The lowest BCUT2D eigenvalue weighted by Crippen LogP contribution is -2.31. The van der Waals surface area contributed by atoms with Crippen LogP contribution in [0, 0.1) is 0 Å². The van der Waals surface area contributed by atoms with Gasteiger partial charge in [0.15, 0.2) is 0 Å². The predicted molar refractivity (Wildman–Crippen MR) is 23.0 cm³/mol. The standard InChI is InChI=1S/C4H3F7O/c5-2(3(6,7)8)1-12-4(9,10)11/h2H,1H2. The van der Waals surface area contributed by atoms with Gasteiger partial charge in [0.2, 0.25) is 6.17 Å². The lowest BCUT2D eigenvalue weighted by molar-refractivity contribution is -0.337. The van der Waals surface area contributed by atoms with E-state index in [0.717, 1.165) is 0 Å². The molecule has 0 aliphatic rings. The molecule has 0 saturated heterocycles. The molecule has 0 spiro atoms. The molecule has 12 heavy (non-hydrogen) atoms. The molecule has 0 amide bonds. The van der Waals surface area contributed by atoms with Gasteiger partial charge in [-0.15, -0.1) is 13.2 Å². The third-order valence-electron chi connectivity index (χ3n) is 0.748. The maximum atomic E-state index is 11.7. The van der Waals surface area contributed by atoms with Crippen molar-refractivity contribution in [3.05, 3.63) is 0 Å². The van der Waals surface area contributed by atoms with Crippen molar-refractivity contribution >= 4 is 0 Å². The molecule has 0 aromatic rings. The third-order valence-corrected chi connectivity index (χ3v) is 0.748. The minimum absolute atomic E-state index is 2.06. The van der Waals surface area contributed by atoms with Crippen LogP contribution in [-0.4, -0.2) is 25.3 Å². The van der Waals surface area contributed by atoms with Gasteiger partial charge in [-0.3, -0.25) is 4.74 Å². The summed E-state index contributed by atoms with van der Waals surface area (Å²) < 4.78 is 81.1. The number of hydrogen-bond donors (Lipinski definition) is 0. The average Bonchev–Trinajstić information content (AvgIpc) is 1.78. The Morgan fingerprint density at radius 2 is 1.42 bits per heavy atom. The molecule has 1 atom stereocenters. The maximum Gasteiger partial charge on any atom is 0.522 e. The van der Waals surface area contributed by atoms with Crippen LogP contribution in [0.4, 0.5) is 30.7 Å². The normalized spacial score (nSPS) is 16.2. The summed E-state index contributed by atoms with van der Waals surface area (Å²) in [5.74, 6) is 0. The zero-order chi connectivity index (χ0) is 9.99. The smallest absolute Gasteiger partial charge is 0.288 e. The highest BCUT2D eigenvalue weighted by Gasteiger charge is 2.43. The van der Waals surface area contributed by atoms with Gasteiger partial charge >= 0.3 is 12.5 Å². The summed E-state index contributed by atoms with van der Waals surface area (Å²) in [5, 5.41) is 0. The minimum Gasteiger partial charge on any atom is -0.288 e. The Balaban J connectivity index is 3.80. The van der Waals surface area contributed by atoms with Crippen molar-refractivity contribution < 1.29 is 35.5 Å². The van der Waals surface area contributed by atoms with Gasteiger partial charge in [0.05, 0.1) is 6.61 Å². The summed E-state index contributed by atoms with van der Waals surface area (Å²) in [4.78, 5) is 0. The zero-order valence-electron chi connectivity index (χ0n) is 5.34. The molecule has 0 aliphatic heterocycles. The van der Waals surface area contributed by atoms with Crippen molar-refractivity contribution in [2.24, 2.45) is 0 Å². The molecule has 0 fully saturated rings. The van der Waals surface area contributed by atoms with Crippen LogP contribution < -0.4 is 0 Å². The quantitative estimate of drug-likeness (QED) is 0.622. The molecule has 1 nitrogen and oxygen atoms in total. The van der Waals surface area contributed by atoms with Gasteiger partial charge in [-0.05, 0) is 0 Å². The molecular weight excluding hydrogens is 197 g/mol. The van der Waals surface area contributed by atoms with Crippen molar-refractivity contribution in [1.82, 2.24) is 0 Å². The molecule has 8 heteroatoms. The van der Waals surface area contributed by atoms with Crippen LogP contribution in [0.25, 0.3) is 0 Å². The first-order chi connectivity index (χ1) is 5.13. The molecule has 0 heterocycles. The Bertz CT molecular complexity index is 135. The van der Waals surface area contributed by atoms with Crippen LogP contribution >= 0.6 is 0 Å². The lowest BCUT2D eigenvalue weighted by atomic mass is 10.4. The molecule has 0 aromatic heterocycles. The van der Waals surface area contributed by atoms with E-state index in [0.29, 0.717) is 0 Å². The van der Waals surface area contributed by atoms with Crippen LogP contribution in [0.1, 0.15) is 0 Å². The number of halogens is 7. The van der Waals surface area contributed by atoms with Gasteiger partial charge in [0.25, 0.3) is 0 Å². The van der Waals surface area contributed by atoms with Gasteiger partial charge in [-0.1, -0.05) is 0 Å². The summed E-state index contributed by atoms with van der Waals surface area (Å²) in [6.45, 7) is -2.06. The number of alkyl halides is 7. The van der Waals surface area contributed by atoms with E-state index in [4.69, 9.17) is 0 Å². The monoisotopic (exact) mass is 200 g/mol. The Morgan fingerprint density at radius 3 is 1.67 bits per heavy atom. The van der Waals surface area contributed by atoms with E-state index in [9.17, 15) is 30.7 Å². The van der Waals surface area contributed by atoms with E-state index < -0.39 is 25.3 Å². The molecular formula is C4H3F7O. The Hall–Kier alpha value is -0.530. The van der Waals surface area contributed by atoms with Crippen molar-refractivity contribution in [1.29, 1.82) is 0 Å². The number of hydrogen-bond acceptors (Lipinski definition) is 1. The van der Waals surface area contributed by atoms with E-state index in [1.54, 1.807) is 0 Å². The van der Waals surface area contributed by atoms with Crippen LogP contribution in [0.5, 0.6) is 0 Å². The Morgan fingerprint density at radius 1 is 1.00 bits per heavy atom. The highest BCUT2D eigenvalue weighted by molar-refractivity contribution is 4.64. The Kier molecular flexibility index (Phi) is 3.31. The summed E-state index contributed by atoms with van der Waals surface area (Å²) in [5.41, 5.74) is 0. The molecule has 74 valence electrons. The zero-order valence-corrected chi connectivity index (χ0v) is 5.34. The first-order valence-electron chi connectivity index (χ1n) is 2.54. The van der Waals surface area contributed by atoms with Crippen molar-refractivity contribution in [2.45, 2.75) is 18.7 Å². The van der Waals surface area contributed by atoms with Gasteiger partial charge in [0, 0.05) is 0 Å². The molecule has 0 aliphatic carbocycles. The SMILES string of the molecule is FC(COC(F)(F)F)C(F)(F)F.